The van der Waals surface area contributed by atoms with Gasteiger partial charge in [0.25, 0.3) is 0 Å². The molecule has 0 saturated carbocycles. The number of hydrogen-bond acceptors (Lipinski definition) is 4. The van der Waals surface area contributed by atoms with E-state index in [4.69, 9.17) is 14.6 Å². The van der Waals surface area contributed by atoms with Gasteiger partial charge in [-0.2, -0.15) is 0 Å². The van der Waals surface area contributed by atoms with Crippen LogP contribution in [-0.2, 0) is 6.42 Å². The van der Waals surface area contributed by atoms with Gasteiger partial charge in [-0.1, -0.05) is 18.2 Å². The van der Waals surface area contributed by atoms with Crippen molar-refractivity contribution in [2.45, 2.75) is 18.9 Å². The molecule has 1 aromatic carbocycles. The fourth-order valence-corrected chi connectivity index (χ4v) is 2.05. The van der Waals surface area contributed by atoms with E-state index in [0.29, 0.717) is 6.42 Å². The van der Waals surface area contributed by atoms with Crippen LogP contribution in [0.1, 0.15) is 12.0 Å². The van der Waals surface area contributed by atoms with Crippen molar-refractivity contribution in [1.29, 1.82) is 0 Å². The molecule has 0 saturated heterocycles. The zero-order valence-electron chi connectivity index (χ0n) is 10.3. The molecule has 0 aliphatic rings. The first-order valence-corrected chi connectivity index (χ1v) is 6.25. The largest absolute Gasteiger partial charge is 0.464 e. The van der Waals surface area contributed by atoms with Gasteiger partial charge in [-0.05, 0) is 31.0 Å². The van der Waals surface area contributed by atoms with Gasteiger partial charge in [0.2, 0.25) is 0 Å². The zero-order valence-corrected chi connectivity index (χ0v) is 10.3. The first-order chi connectivity index (χ1) is 8.85. The highest BCUT2D eigenvalue weighted by Gasteiger charge is 2.07. The average molecular weight is 249 g/mol. The molecule has 0 bridgehead atoms. The highest BCUT2D eigenvalue weighted by molar-refractivity contribution is 5.80. The summed E-state index contributed by atoms with van der Waals surface area (Å²) in [6, 6.07) is 7.92. The Labute approximate surface area is 106 Å². The van der Waals surface area contributed by atoms with Crippen LogP contribution in [0.4, 0.5) is 0 Å². The van der Waals surface area contributed by atoms with Crippen LogP contribution in [0.2, 0.25) is 0 Å². The number of aliphatic hydroxyl groups is 2. The monoisotopic (exact) mass is 249 g/mol. The molecule has 1 aromatic heterocycles. The van der Waals surface area contributed by atoms with Gasteiger partial charge in [-0.25, -0.2) is 0 Å². The van der Waals surface area contributed by atoms with Crippen LogP contribution in [0.3, 0.4) is 0 Å². The standard InChI is InChI=1S/C14H19NO3/c16-8-6-12(9-17)15-7-5-11-10-18-14-4-2-1-3-13(11)14/h1-4,10,12,15-17H,5-9H2. The Balaban J connectivity index is 1.90. The van der Waals surface area contributed by atoms with Crippen molar-refractivity contribution in [2.24, 2.45) is 0 Å². The van der Waals surface area contributed by atoms with Crippen LogP contribution in [0, 0.1) is 0 Å². The normalized spacial score (nSPS) is 13.0. The summed E-state index contributed by atoms with van der Waals surface area (Å²) in [5, 5.41) is 22.3. The van der Waals surface area contributed by atoms with E-state index in [2.05, 4.69) is 5.32 Å². The van der Waals surface area contributed by atoms with E-state index in [0.717, 1.165) is 23.9 Å². The highest BCUT2D eigenvalue weighted by atomic mass is 16.3. The number of fused-ring (bicyclic) bond motifs is 1. The lowest BCUT2D eigenvalue weighted by molar-refractivity contribution is 0.201. The Morgan fingerprint density at radius 2 is 2.06 bits per heavy atom. The average Bonchev–Trinajstić information content (AvgIpc) is 2.81. The minimum Gasteiger partial charge on any atom is -0.464 e. The van der Waals surface area contributed by atoms with Gasteiger partial charge in [-0.3, -0.25) is 0 Å². The van der Waals surface area contributed by atoms with E-state index in [1.165, 1.54) is 5.56 Å². The number of furan rings is 1. The van der Waals surface area contributed by atoms with Crippen LogP contribution in [0.5, 0.6) is 0 Å². The van der Waals surface area contributed by atoms with Crippen LogP contribution in [0.25, 0.3) is 11.0 Å². The summed E-state index contributed by atoms with van der Waals surface area (Å²) in [6.07, 6.45) is 3.20. The first-order valence-electron chi connectivity index (χ1n) is 6.25. The van der Waals surface area contributed by atoms with Crippen LogP contribution < -0.4 is 5.32 Å². The summed E-state index contributed by atoms with van der Waals surface area (Å²) in [5.74, 6) is 0. The number of hydrogen-bond donors (Lipinski definition) is 3. The number of rotatable bonds is 7. The number of nitrogens with one attached hydrogen (secondary N) is 1. The molecule has 0 spiro atoms. The maximum absolute atomic E-state index is 9.09. The zero-order chi connectivity index (χ0) is 12.8. The highest BCUT2D eigenvalue weighted by Crippen LogP contribution is 2.20. The van der Waals surface area contributed by atoms with Gasteiger partial charge < -0.3 is 19.9 Å². The van der Waals surface area contributed by atoms with E-state index < -0.39 is 0 Å². The van der Waals surface area contributed by atoms with Crippen molar-refractivity contribution in [3.63, 3.8) is 0 Å². The third-order valence-corrected chi connectivity index (χ3v) is 3.09. The van der Waals surface area contributed by atoms with Crippen molar-refractivity contribution in [2.75, 3.05) is 19.8 Å². The second-order valence-corrected chi connectivity index (χ2v) is 4.35. The topological polar surface area (TPSA) is 65.6 Å². The lowest BCUT2D eigenvalue weighted by Crippen LogP contribution is -2.34. The van der Waals surface area contributed by atoms with Gasteiger partial charge in [-0.15, -0.1) is 0 Å². The molecule has 1 unspecified atom stereocenters. The molecule has 0 aliphatic carbocycles. The first kappa shape index (κ1) is 13.1. The van der Waals surface area contributed by atoms with Crippen LogP contribution >= 0.6 is 0 Å². The summed E-state index contributed by atoms with van der Waals surface area (Å²) in [4.78, 5) is 0. The molecule has 18 heavy (non-hydrogen) atoms. The van der Waals surface area contributed by atoms with Crippen molar-refractivity contribution in [3.8, 4) is 0 Å². The van der Waals surface area contributed by atoms with Gasteiger partial charge in [0.15, 0.2) is 0 Å². The maximum atomic E-state index is 9.09. The van der Waals surface area contributed by atoms with E-state index in [-0.39, 0.29) is 19.3 Å². The summed E-state index contributed by atoms with van der Waals surface area (Å²) >= 11 is 0. The Morgan fingerprint density at radius 3 is 2.83 bits per heavy atom. The van der Waals surface area contributed by atoms with Crippen molar-refractivity contribution >= 4 is 11.0 Å². The smallest absolute Gasteiger partial charge is 0.134 e. The molecule has 1 heterocycles. The molecule has 2 aromatic rings. The summed E-state index contributed by atoms with van der Waals surface area (Å²) in [5.41, 5.74) is 2.07. The number of benzene rings is 1. The lowest BCUT2D eigenvalue weighted by Gasteiger charge is -2.14. The van der Waals surface area contributed by atoms with Crippen molar-refractivity contribution < 1.29 is 14.6 Å². The molecule has 1 atom stereocenters. The van der Waals surface area contributed by atoms with E-state index in [9.17, 15) is 0 Å². The van der Waals surface area contributed by atoms with Gasteiger partial charge >= 0.3 is 0 Å². The second-order valence-electron chi connectivity index (χ2n) is 4.35. The Bertz CT molecular complexity index is 481. The Kier molecular flexibility index (Phi) is 4.75. The second kappa shape index (κ2) is 6.54. The molecule has 0 radical (unpaired) electrons. The number of aliphatic hydroxyl groups excluding tert-OH is 2. The molecule has 2 rings (SSSR count). The predicted molar refractivity (Wildman–Crippen MR) is 70.5 cm³/mol. The van der Waals surface area contributed by atoms with Crippen molar-refractivity contribution in [3.05, 3.63) is 36.1 Å². The van der Waals surface area contributed by atoms with Crippen molar-refractivity contribution in [1.82, 2.24) is 5.32 Å². The summed E-state index contributed by atoms with van der Waals surface area (Å²) < 4.78 is 5.46. The maximum Gasteiger partial charge on any atom is 0.134 e. The SMILES string of the molecule is OCCC(CO)NCCc1coc2ccccc12. The van der Waals surface area contributed by atoms with Crippen LogP contribution in [0.15, 0.2) is 34.9 Å². The summed E-state index contributed by atoms with van der Waals surface area (Å²) in [6.45, 7) is 0.897. The minimum atomic E-state index is -0.0341. The molecule has 4 nitrogen and oxygen atoms in total. The fraction of sp³-hybridized carbons (Fsp3) is 0.429. The number of para-hydroxylation sites is 1. The van der Waals surface area contributed by atoms with Gasteiger partial charge in [0.1, 0.15) is 5.58 Å². The molecule has 0 aliphatic heterocycles. The van der Waals surface area contributed by atoms with E-state index in [1.54, 1.807) is 6.26 Å². The minimum absolute atomic E-state index is 0.0341. The molecule has 0 amide bonds. The van der Waals surface area contributed by atoms with E-state index >= 15 is 0 Å². The van der Waals surface area contributed by atoms with Gasteiger partial charge in [0, 0.05) is 18.0 Å². The molecule has 98 valence electrons. The van der Waals surface area contributed by atoms with Crippen LogP contribution in [-0.4, -0.2) is 36.0 Å². The Morgan fingerprint density at radius 1 is 1.22 bits per heavy atom. The quantitative estimate of drug-likeness (QED) is 0.692. The third-order valence-electron chi connectivity index (χ3n) is 3.09. The third kappa shape index (κ3) is 3.10. The molecule has 0 fully saturated rings. The van der Waals surface area contributed by atoms with E-state index in [1.807, 2.05) is 24.3 Å². The molecular weight excluding hydrogens is 230 g/mol. The summed E-state index contributed by atoms with van der Waals surface area (Å²) in [7, 11) is 0. The Hall–Kier alpha value is -1.36. The molecular formula is C14H19NO3. The predicted octanol–water partition coefficient (Wildman–Crippen LogP) is 1.31. The molecule has 3 N–H and O–H groups in total. The lowest BCUT2D eigenvalue weighted by atomic mass is 10.1. The fourth-order valence-electron chi connectivity index (χ4n) is 2.05. The van der Waals surface area contributed by atoms with Gasteiger partial charge in [0.05, 0.1) is 12.9 Å². The molecule has 4 heteroatoms.